The highest BCUT2D eigenvalue weighted by Crippen LogP contribution is 2.39. The van der Waals surface area contributed by atoms with E-state index < -0.39 is 0 Å². The Bertz CT molecular complexity index is 1570. The van der Waals surface area contributed by atoms with Gasteiger partial charge in [-0.05, 0) is 42.0 Å². The molecule has 4 aromatic carbocycles. The van der Waals surface area contributed by atoms with Crippen molar-refractivity contribution in [1.82, 2.24) is 9.97 Å². The van der Waals surface area contributed by atoms with E-state index in [2.05, 4.69) is 84.8 Å². The molecule has 152 valence electrons. The molecule has 0 saturated carbocycles. The quantitative estimate of drug-likeness (QED) is 0.228. The highest BCUT2D eigenvalue weighted by atomic mass is 14.7. The van der Waals surface area contributed by atoms with Crippen LogP contribution in [0.25, 0.3) is 54.3 Å². The first kappa shape index (κ1) is 18.4. The molecular formula is C29H26N2. The fraction of sp³-hybridized carbons (Fsp3) is 0.207. The molecule has 31 heavy (non-hydrogen) atoms. The van der Waals surface area contributed by atoms with Crippen LogP contribution in [-0.2, 0) is 6.42 Å². The lowest BCUT2D eigenvalue weighted by Gasteiger charge is -2.13. The maximum atomic E-state index is 4.76. The van der Waals surface area contributed by atoms with Gasteiger partial charge in [0.25, 0.3) is 0 Å². The van der Waals surface area contributed by atoms with Gasteiger partial charge in [-0.2, -0.15) is 0 Å². The van der Waals surface area contributed by atoms with E-state index in [0.717, 1.165) is 11.9 Å². The number of H-pyrrole nitrogens is 1. The molecule has 2 heterocycles. The lowest BCUT2D eigenvalue weighted by atomic mass is 9.91. The number of fused-ring (bicyclic) bond motifs is 9. The van der Waals surface area contributed by atoms with Crippen LogP contribution in [-0.4, -0.2) is 9.97 Å². The Labute approximate surface area is 181 Å². The summed E-state index contributed by atoms with van der Waals surface area (Å²) in [6.07, 6.45) is 8.25. The van der Waals surface area contributed by atoms with E-state index in [1.54, 1.807) is 0 Å². The second-order valence-electron chi connectivity index (χ2n) is 8.67. The first-order valence-corrected chi connectivity index (χ1v) is 11.5. The van der Waals surface area contributed by atoms with Crippen LogP contribution in [0, 0.1) is 0 Å². The third-order valence-electron chi connectivity index (χ3n) is 6.71. The van der Waals surface area contributed by atoms with E-state index in [-0.39, 0.29) is 0 Å². The molecule has 0 amide bonds. The minimum absolute atomic E-state index is 1.06. The van der Waals surface area contributed by atoms with E-state index in [0.29, 0.717) is 0 Å². The van der Waals surface area contributed by atoms with E-state index in [4.69, 9.17) is 4.98 Å². The first-order valence-electron chi connectivity index (χ1n) is 11.5. The SMILES string of the molecule is CCCCCCc1cc2cnc3ccccc3c2c2ccc3c4ccccc4[nH]c3c12. The van der Waals surface area contributed by atoms with Crippen molar-refractivity contribution in [2.45, 2.75) is 39.0 Å². The predicted molar refractivity (Wildman–Crippen MR) is 134 cm³/mol. The monoisotopic (exact) mass is 402 g/mol. The van der Waals surface area contributed by atoms with Gasteiger partial charge in [0.05, 0.1) is 11.0 Å². The van der Waals surface area contributed by atoms with Gasteiger partial charge in [0.15, 0.2) is 0 Å². The summed E-state index contributed by atoms with van der Waals surface area (Å²) in [5, 5.41) is 9.13. The van der Waals surface area contributed by atoms with Crippen LogP contribution in [0.4, 0.5) is 0 Å². The number of hydrogen-bond donors (Lipinski definition) is 1. The zero-order chi connectivity index (χ0) is 20.8. The lowest BCUT2D eigenvalue weighted by Crippen LogP contribution is -1.93. The van der Waals surface area contributed by atoms with Crippen molar-refractivity contribution in [2.24, 2.45) is 0 Å². The van der Waals surface area contributed by atoms with E-state index in [9.17, 15) is 0 Å². The number of para-hydroxylation sites is 2. The number of nitrogens with one attached hydrogen (secondary N) is 1. The van der Waals surface area contributed by atoms with E-state index >= 15 is 0 Å². The molecule has 0 aliphatic rings. The van der Waals surface area contributed by atoms with Crippen molar-refractivity contribution in [3.8, 4) is 0 Å². The van der Waals surface area contributed by atoms with Crippen molar-refractivity contribution in [3.05, 3.63) is 78.5 Å². The summed E-state index contributed by atoms with van der Waals surface area (Å²) >= 11 is 0. The molecule has 6 rings (SSSR count). The van der Waals surface area contributed by atoms with Gasteiger partial charge in [0, 0.05) is 44.0 Å². The summed E-state index contributed by atoms with van der Waals surface area (Å²) in [7, 11) is 0. The molecule has 2 nitrogen and oxygen atoms in total. The molecular weight excluding hydrogens is 376 g/mol. The van der Waals surface area contributed by atoms with Crippen LogP contribution >= 0.6 is 0 Å². The molecule has 0 atom stereocenters. The fourth-order valence-electron chi connectivity index (χ4n) is 5.23. The van der Waals surface area contributed by atoms with Crippen LogP contribution < -0.4 is 0 Å². The Kier molecular flexibility index (Phi) is 4.38. The Balaban J connectivity index is 1.73. The molecule has 0 fully saturated rings. The molecule has 0 unspecified atom stereocenters. The summed E-state index contributed by atoms with van der Waals surface area (Å²) in [6.45, 7) is 2.27. The number of nitrogens with zero attached hydrogens (tertiary/aromatic N) is 1. The van der Waals surface area contributed by atoms with Crippen LogP contribution in [0.1, 0.15) is 38.2 Å². The maximum Gasteiger partial charge on any atom is 0.0708 e. The number of benzene rings is 4. The van der Waals surface area contributed by atoms with Gasteiger partial charge in [-0.25, -0.2) is 0 Å². The summed E-state index contributed by atoms with van der Waals surface area (Å²) in [5.74, 6) is 0. The Hall–Kier alpha value is -3.39. The van der Waals surface area contributed by atoms with Crippen molar-refractivity contribution in [3.63, 3.8) is 0 Å². The molecule has 0 radical (unpaired) electrons. The minimum atomic E-state index is 1.06. The van der Waals surface area contributed by atoms with Gasteiger partial charge < -0.3 is 4.98 Å². The number of aryl methyl sites for hydroxylation is 1. The van der Waals surface area contributed by atoms with Gasteiger partial charge in [0.1, 0.15) is 0 Å². The zero-order valence-electron chi connectivity index (χ0n) is 17.9. The number of hydrogen-bond acceptors (Lipinski definition) is 1. The lowest BCUT2D eigenvalue weighted by molar-refractivity contribution is 0.668. The summed E-state index contributed by atoms with van der Waals surface area (Å²) in [6, 6.07) is 24.2. The highest BCUT2D eigenvalue weighted by Gasteiger charge is 2.15. The van der Waals surface area contributed by atoms with E-state index in [1.807, 2.05) is 0 Å². The van der Waals surface area contributed by atoms with Crippen molar-refractivity contribution in [2.75, 3.05) is 0 Å². The second kappa shape index (κ2) is 7.39. The fourth-order valence-corrected chi connectivity index (χ4v) is 5.23. The first-order chi connectivity index (χ1) is 15.3. The smallest absolute Gasteiger partial charge is 0.0708 e. The van der Waals surface area contributed by atoms with E-state index in [1.165, 1.54) is 80.0 Å². The third-order valence-corrected chi connectivity index (χ3v) is 6.71. The number of aromatic nitrogens is 2. The zero-order valence-corrected chi connectivity index (χ0v) is 17.9. The Morgan fingerprint density at radius 1 is 0.742 bits per heavy atom. The largest absolute Gasteiger partial charge is 0.354 e. The molecule has 0 saturated heterocycles. The molecule has 0 aliphatic heterocycles. The van der Waals surface area contributed by atoms with Crippen molar-refractivity contribution < 1.29 is 0 Å². The molecule has 2 heteroatoms. The van der Waals surface area contributed by atoms with Crippen LogP contribution in [0.15, 0.2) is 72.9 Å². The molecule has 0 spiro atoms. The molecule has 0 aliphatic carbocycles. The average molecular weight is 403 g/mol. The minimum Gasteiger partial charge on any atom is -0.354 e. The van der Waals surface area contributed by atoms with Gasteiger partial charge in [-0.15, -0.1) is 0 Å². The van der Waals surface area contributed by atoms with Gasteiger partial charge in [-0.1, -0.05) is 74.7 Å². The van der Waals surface area contributed by atoms with Crippen LogP contribution in [0.5, 0.6) is 0 Å². The van der Waals surface area contributed by atoms with Gasteiger partial charge in [0.2, 0.25) is 0 Å². The van der Waals surface area contributed by atoms with Crippen LogP contribution in [0.3, 0.4) is 0 Å². The van der Waals surface area contributed by atoms with Crippen LogP contribution in [0.2, 0.25) is 0 Å². The normalized spacial score (nSPS) is 12.0. The topological polar surface area (TPSA) is 28.7 Å². The predicted octanol–water partition coefficient (Wildman–Crippen LogP) is 8.30. The summed E-state index contributed by atoms with van der Waals surface area (Å²) in [4.78, 5) is 8.52. The molecule has 6 aromatic rings. The Morgan fingerprint density at radius 2 is 1.55 bits per heavy atom. The number of aromatic amines is 1. The molecule has 2 aromatic heterocycles. The summed E-state index contributed by atoms with van der Waals surface area (Å²) < 4.78 is 0. The summed E-state index contributed by atoms with van der Waals surface area (Å²) in [5.41, 5.74) is 4.98. The second-order valence-corrected chi connectivity index (χ2v) is 8.67. The van der Waals surface area contributed by atoms with Gasteiger partial charge >= 0.3 is 0 Å². The highest BCUT2D eigenvalue weighted by molar-refractivity contribution is 6.27. The number of rotatable bonds is 5. The standard InChI is InChI=1S/C29H26N2/c1-2-3-4-5-10-19-17-20-18-30-25-13-8-7-12-23(25)27(20)24-16-15-22-21-11-6-9-14-26(21)31-29(22)28(19)24/h6-9,11-18,31H,2-5,10H2,1H3. The Morgan fingerprint density at radius 3 is 2.45 bits per heavy atom. The number of unbranched alkanes of at least 4 members (excludes halogenated alkanes) is 3. The number of pyridine rings is 1. The van der Waals surface area contributed by atoms with Crippen molar-refractivity contribution in [1.29, 1.82) is 0 Å². The maximum absolute atomic E-state index is 4.76. The molecule has 0 bridgehead atoms. The average Bonchev–Trinajstić information content (AvgIpc) is 3.20. The third kappa shape index (κ3) is 2.90. The van der Waals surface area contributed by atoms with Gasteiger partial charge in [-0.3, -0.25) is 4.98 Å². The van der Waals surface area contributed by atoms with Crippen molar-refractivity contribution >= 4 is 54.3 Å². The molecule has 1 N–H and O–H groups in total.